The summed E-state index contributed by atoms with van der Waals surface area (Å²) in [5, 5.41) is 5.77. The Balaban J connectivity index is 1.59. The number of rotatable bonds is 5. The molecule has 0 saturated carbocycles. The predicted octanol–water partition coefficient (Wildman–Crippen LogP) is -0.958. The highest BCUT2D eigenvalue weighted by Gasteiger charge is 2.25. The van der Waals surface area contributed by atoms with Gasteiger partial charge in [-0.25, -0.2) is 17.5 Å². The van der Waals surface area contributed by atoms with Crippen molar-refractivity contribution in [3.8, 4) is 0 Å². The summed E-state index contributed by atoms with van der Waals surface area (Å²) >= 11 is 0. The summed E-state index contributed by atoms with van der Waals surface area (Å²) in [6.07, 6.45) is 2.53. The Bertz CT molecular complexity index is 457. The van der Waals surface area contributed by atoms with Crippen molar-refractivity contribution in [2.75, 3.05) is 58.7 Å². The fourth-order valence-electron chi connectivity index (χ4n) is 2.72. The molecule has 0 unspecified atom stereocenters. The number of hydrogen-bond acceptors (Lipinski definition) is 5. The van der Waals surface area contributed by atoms with Gasteiger partial charge in [0.1, 0.15) is 0 Å². The van der Waals surface area contributed by atoms with E-state index in [-0.39, 0.29) is 12.1 Å². The van der Waals surface area contributed by atoms with Crippen LogP contribution in [0.5, 0.6) is 0 Å². The Morgan fingerprint density at radius 2 is 1.82 bits per heavy atom. The largest absolute Gasteiger partial charge is 0.379 e. The van der Waals surface area contributed by atoms with Crippen molar-refractivity contribution < 1.29 is 17.9 Å². The van der Waals surface area contributed by atoms with Gasteiger partial charge in [0.05, 0.1) is 19.5 Å². The molecule has 0 bridgehead atoms. The van der Waals surface area contributed by atoms with Gasteiger partial charge in [0.25, 0.3) is 0 Å². The maximum Gasteiger partial charge on any atom is 0.315 e. The molecule has 0 atom stereocenters. The summed E-state index contributed by atoms with van der Waals surface area (Å²) in [7, 11) is -3.12. The number of urea groups is 1. The Morgan fingerprint density at radius 3 is 2.41 bits per heavy atom. The molecule has 0 spiro atoms. The van der Waals surface area contributed by atoms with Crippen molar-refractivity contribution in [1.29, 1.82) is 0 Å². The molecule has 0 aromatic carbocycles. The van der Waals surface area contributed by atoms with E-state index in [0.717, 1.165) is 32.8 Å². The fourth-order valence-corrected chi connectivity index (χ4v) is 3.59. The zero-order chi connectivity index (χ0) is 16.0. The number of morpholine rings is 1. The van der Waals surface area contributed by atoms with Crippen molar-refractivity contribution in [1.82, 2.24) is 19.8 Å². The lowest BCUT2D eigenvalue weighted by atomic mass is 10.1. The van der Waals surface area contributed by atoms with E-state index in [1.807, 2.05) is 0 Å². The van der Waals surface area contributed by atoms with Crippen LogP contribution in [0, 0.1) is 0 Å². The second-order valence-corrected chi connectivity index (χ2v) is 7.77. The second kappa shape index (κ2) is 8.09. The Labute approximate surface area is 132 Å². The van der Waals surface area contributed by atoms with Crippen LogP contribution in [0.15, 0.2) is 0 Å². The van der Waals surface area contributed by atoms with Gasteiger partial charge in [-0.3, -0.25) is 4.90 Å². The van der Waals surface area contributed by atoms with Crippen LogP contribution in [0.3, 0.4) is 0 Å². The van der Waals surface area contributed by atoms with Gasteiger partial charge in [-0.2, -0.15) is 0 Å². The van der Waals surface area contributed by atoms with Crippen molar-refractivity contribution in [3.05, 3.63) is 0 Å². The molecule has 0 aromatic heterocycles. The zero-order valence-corrected chi connectivity index (χ0v) is 13.9. The number of piperidine rings is 1. The zero-order valence-electron chi connectivity index (χ0n) is 13.1. The second-order valence-electron chi connectivity index (χ2n) is 5.79. The molecule has 2 rings (SSSR count). The first-order chi connectivity index (χ1) is 10.4. The first-order valence-electron chi connectivity index (χ1n) is 7.75. The third-order valence-corrected chi connectivity index (χ3v) is 5.38. The van der Waals surface area contributed by atoms with Gasteiger partial charge in [0.2, 0.25) is 10.0 Å². The number of nitrogens with zero attached hydrogens (tertiary/aromatic N) is 2. The first kappa shape index (κ1) is 17.5. The average molecular weight is 334 g/mol. The van der Waals surface area contributed by atoms with Crippen LogP contribution in [0.1, 0.15) is 12.8 Å². The minimum Gasteiger partial charge on any atom is -0.379 e. The van der Waals surface area contributed by atoms with Gasteiger partial charge in [-0.05, 0) is 12.8 Å². The lowest BCUT2D eigenvalue weighted by Crippen LogP contribution is -2.50. The van der Waals surface area contributed by atoms with Gasteiger partial charge < -0.3 is 15.4 Å². The highest BCUT2D eigenvalue weighted by atomic mass is 32.2. The molecule has 8 nitrogen and oxygen atoms in total. The van der Waals surface area contributed by atoms with Crippen molar-refractivity contribution in [3.63, 3.8) is 0 Å². The smallest absolute Gasteiger partial charge is 0.315 e. The van der Waals surface area contributed by atoms with E-state index in [1.165, 1.54) is 10.6 Å². The minimum atomic E-state index is -3.12. The Morgan fingerprint density at radius 1 is 1.18 bits per heavy atom. The monoisotopic (exact) mass is 334 g/mol. The molecular weight excluding hydrogens is 308 g/mol. The summed E-state index contributed by atoms with van der Waals surface area (Å²) in [4.78, 5) is 14.1. The van der Waals surface area contributed by atoms with E-state index >= 15 is 0 Å². The Hall–Kier alpha value is -0.900. The topological polar surface area (TPSA) is 91.0 Å². The first-order valence-corrected chi connectivity index (χ1v) is 9.59. The van der Waals surface area contributed by atoms with E-state index in [2.05, 4.69) is 15.5 Å². The number of carbonyl (C=O) groups is 1. The van der Waals surface area contributed by atoms with E-state index in [9.17, 15) is 13.2 Å². The highest BCUT2D eigenvalue weighted by Crippen LogP contribution is 2.12. The van der Waals surface area contributed by atoms with Crippen molar-refractivity contribution >= 4 is 16.1 Å². The number of carbonyl (C=O) groups excluding carboxylic acids is 1. The normalized spacial score (nSPS) is 22.4. The third kappa shape index (κ3) is 5.71. The highest BCUT2D eigenvalue weighted by molar-refractivity contribution is 7.88. The fraction of sp³-hybridized carbons (Fsp3) is 0.923. The number of amides is 2. The van der Waals surface area contributed by atoms with Gasteiger partial charge in [-0.15, -0.1) is 0 Å². The van der Waals surface area contributed by atoms with Crippen LogP contribution in [-0.4, -0.2) is 88.4 Å². The predicted molar refractivity (Wildman–Crippen MR) is 83.2 cm³/mol. The number of nitrogens with one attached hydrogen (secondary N) is 2. The van der Waals surface area contributed by atoms with E-state index in [0.29, 0.717) is 32.5 Å². The number of ether oxygens (including phenoxy) is 1. The Kier molecular flexibility index (Phi) is 6.42. The van der Waals surface area contributed by atoms with Crippen LogP contribution >= 0.6 is 0 Å². The molecule has 2 saturated heterocycles. The lowest BCUT2D eigenvalue weighted by molar-refractivity contribution is 0.0387. The van der Waals surface area contributed by atoms with E-state index in [1.54, 1.807) is 0 Å². The number of hydrogen-bond donors (Lipinski definition) is 2. The molecule has 2 amide bonds. The molecule has 2 fully saturated rings. The van der Waals surface area contributed by atoms with Crippen molar-refractivity contribution in [2.45, 2.75) is 18.9 Å². The van der Waals surface area contributed by atoms with Crippen molar-refractivity contribution in [2.24, 2.45) is 0 Å². The molecule has 2 heterocycles. The molecule has 2 aliphatic heterocycles. The molecule has 128 valence electrons. The van der Waals surface area contributed by atoms with Crippen LogP contribution in [0.2, 0.25) is 0 Å². The maximum absolute atomic E-state index is 11.8. The quantitative estimate of drug-likeness (QED) is 0.676. The van der Waals surface area contributed by atoms with Crippen LogP contribution < -0.4 is 10.6 Å². The summed E-state index contributed by atoms with van der Waals surface area (Å²) in [5.41, 5.74) is 0. The number of sulfonamides is 1. The average Bonchev–Trinajstić information content (AvgIpc) is 2.48. The molecule has 0 aliphatic carbocycles. The SMILES string of the molecule is CS(=O)(=O)N1CCC(NC(=O)NCCN2CCOCC2)CC1. The molecule has 22 heavy (non-hydrogen) atoms. The van der Waals surface area contributed by atoms with Gasteiger partial charge in [0, 0.05) is 45.3 Å². The summed E-state index contributed by atoms with van der Waals surface area (Å²) in [6.45, 7) is 5.70. The third-order valence-electron chi connectivity index (χ3n) is 4.08. The molecular formula is C13H26N4O4S. The van der Waals surface area contributed by atoms with Crippen LogP contribution in [0.25, 0.3) is 0 Å². The summed E-state index contributed by atoms with van der Waals surface area (Å²) in [6, 6.07) is -0.132. The minimum absolute atomic E-state index is 0.0430. The van der Waals surface area contributed by atoms with Gasteiger partial charge in [-0.1, -0.05) is 0 Å². The van der Waals surface area contributed by atoms with Crippen LogP contribution in [0.4, 0.5) is 4.79 Å². The summed E-state index contributed by atoms with van der Waals surface area (Å²) < 4.78 is 29.6. The van der Waals surface area contributed by atoms with Gasteiger partial charge >= 0.3 is 6.03 Å². The molecule has 0 aromatic rings. The van der Waals surface area contributed by atoms with Crippen LogP contribution in [-0.2, 0) is 14.8 Å². The molecule has 2 aliphatic rings. The van der Waals surface area contributed by atoms with E-state index in [4.69, 9.17) is 4.74 Å². The summed E-state index contributed by atoms with van der Waals surface area (Å²) in [5.74, 6) is 0. The standard InChI is InChI=1S/C13H26N4O4S/c1-22(19,20)17-5-2-12(3-6-17)15-13(18)14-4-7-16-8-10-21-11-9-16/h12H,2-11H2,1H3,(H2,14,15,18). The maximum atomic E-state index is 11.8. The van der Waals surface area contributed by atoms with Gasteiger partial charge in [0.15, 0.2) is 0 Å². The molecule has 9 heteroatoms. The molecule has 2 N–H and O–H groups in total. The lowest BCUT2D eigenvalue weighted by Gasteiger charge is -2.30. The molecule has 0 radical (unpaired) electrons. The van der Waals surface area contributed by atoms with E-state index < -0.39 is 10.0 Å².